The second kappa shape index (κ2) is 10.3. The average Bonchev–Trinajstić information content (AvgIpc) is 2.52. The average molecular weight is 318 g/mol. The summed E-state index contributed by atoms with van der Waals surface area (Å²) in [7, 11) is 0. The molecule has 0 aromatic carbocycles. The Bertz CT molecular complexity index is 311. The lowest BCUT2D eigenvalue weighted by molar-refractivity contribution is -0.227. The SMILES string of the molecule is C[C@@H]1OC(C(C=O)CCCCCCCCO)[C@H](O)[C@H](O)[C@H]1O. The summed E-state index contributed by atoms with van der Waals surface area (Å²) in [6, 6.07) is 0. The maximum absolute atomic E-state index is 11.3. The summed E-state index contributed by atoms with van der Waals surface area (Å²) < 4.78 is 5.53. The zero-order valence-electron chi connectivity index (χ0n) is 13.3. The molecule has 6 heteroatoms. The summed E-state index contributed by atoms with van der Waals surface area (Å²) in [5, 5.41) is 38.2. The fraction of sp³-hybridized carbons (Fsp3) is 0.938. The Labute approximate surface area is 132 Å². The molecule has 0 spiro atoms. The smallest absolute Gasteiger partial charge is 0.125 e. The largest absolute Gasteiger partial charge is 0.396 e. The quantitative estimate of drug-likeness (QED) is 0.343. The third kappa shape index (κ3) is 5.59. The van der Waals surface area contributed by atoms with Crippen LogP contribution >= 0.6 is 0 Å². The summed E-state index contributed by atoms with van der Waals surface area (Å²) >= 11 is 0. The minimum Gasteiger partial charge on any atom is -0.396 e. The summed E-state index contributed by atoms with van der Waals surface area (Å²) in [6.07, 6.45) is 2.14. The lowest BCUT2D eigenvalue weighted by Gasteiger charge is -2.41. The molecule has 0 amide bonds. The van der Waals surface area contributed by atoms with Crippen molar-refractivity contribution in [2.45, 2.75) is 82.4 Å². The Morgan fingerprint density at radius 1 is 0.955 bits per heavy atom. The molecule has 2 unspecified atom stereocenters. The number of hydrogen-bond donors (Lipinski definition) is 4. The van der Waals surface area contributed by atoms with Crippen molar-refractivity contribution < 1.29 is 30.0 Å². The maximum Gasteiger partial charge on any atom is 0.125 e. The Hall–Kier alpha value is -0.530. The van der Waals surface area contributed by atoms with Crippen molar-refractivity contribution in [3.05, 3.63) is 0 Å². The van der Waals surface area contributed by atoms with Crippen molar-refractivity contribution in [1.29, 1.82) is 0 Å². The van der Waals surface area contributed by atoms with E-state index in [9.17, 15) is 20.1 Å². The molecule has 0 aromatic rings. The third-order valence-corrected chi connectivity index (χ3v) is 4.43. The second-order valence-corrected chi connectivity index (χ2v) is 6.21. The molecule has 1 aliphatic rings. The number of aliphatic hydroxyl groups is 4. The van der Waals surface area contributed by atoms with E-state index in [-0.39, 0.29) is 6.61 Å². The molecule has 6 atom stereocenters. The van der Waals surface area contributed by atoms with Gasteiger partial charge in [0.15, 0.2) is 0 Å². The van der Waals surface area contributed by atoms with Gasteiger partial charge in [0, 0.05) is 12.5 Å². The first-order chi connectivity index (χ1) is 10.5. The number of rotatable bonds is 10. The molecule has 1 saturated heterocycles. The van der Waals surface area contributed by atoms with Crippen LogP contribution in [0.15, 0.2) is 0 Å². The van der Waals surface area contributed by atoms with Gasteiger partial charge in [0.2, 0.25) is 0 Å². The first-order valence-electron chi connectivity index (χ1n) is 8.28. The standard InChI is InChI=1S/C16H30O6/c1-11-13(19)14(20)15(21)16(22-11)12(10-18)8-6-4-2-3-5-7-9-17/h10-17,19-21H,2-9H2,1H3/t11-,12?,13-,14+,15+,16?/m0/s1. The van der Waals surface area contributed by atoms with Gasteiger partial charge in [-0.1, -0.05) is 32.1 Å². The number of hydrogen-bond acceptors (Lipinski definition) is 6. The Balaban J connectivity index is 2.35. The molecule has 0 radical (unpaired) electrons. The second-order valence-electron chi connectivity index (χ2n) is 6.21. The molecule has 0 aromatic heterocycles. The summed E-state index contributed by atoms with van der Waals surface area (Å²) in [5.41, 5.74) is 0. The van der Waals surface area contributed by atoms with Crippen LogP contribution < -0.4 is 0 Å². The van der Waals surface area contributed by atoms with Crippen molar-refractivity contribution in [2.75, 3.05) is 6.61 Å². The van der Waals surface area contributed by atoms with Gasteiger partial charge in [0.25, 0.3) is 0 Å². The first kappa shape index (κ1) is 19.5. The molecule has 130 valence electrons. The van der Waals surface area contributed by atoms with Gasteiger partial charge in [-0.05, 0) is 19.8 Å². The van der Waals surface area contributed by atoms with Crippen LogP contribution in [0, 0.1) is 5.92 Å². The van der Waals surface area contributed by atoms with Crippen molar-refractivity contribution in [1.82, 2.24) is 0 Å². The predicted molar refractivity (Wildman–Crippen MR) is 81.3 cm³/mol. The van der Waals surface area contributed by atoms with E-state index in [2.05, 4.69) is 0 Å². The van der Waals surface area contributed by atoms with Crippen LogP contribution in [0.2, 0.25) is 0 Å². The monoisotopic (exact) mass is 318 g/mol. The van der Waals surface area contributed by atoms with Gasteiger partial charge in [-0.15, -0.1) is 0 Å². The van der Waals surface area contributed by atoms with Gasteiger partial charge in [-0.2, -0.15) is 0 Å². The lowest BCUT2D eigenvalue weighted by atomic mass is 9.86. The minimum absolute atomic E-state index is 0.233. The van der Waals surface area contributed by atoms with Crippen LogP contribution in [-0.4, -0.2) is 63.8 Å². The number of aldehydes is 1. The molecule has 22 heavy (non-hydrogen) atoms. The molecule has 0 saturated carbocycles. The van der Waals surface area contributed by atoms with Crippen LogP contribution in [0.25, 0.3) is 0 Å². The zero-order chi connectivity index (χ0) is 16.5. The molecule has 1 fully saturated rings. The van der Waals surface area contributed by atoms with Crippen LogP contribution in [-0.2, 0) is 9.53 Å². The Morgan fingerprint density at radius 3 is 2.14 bits per heavy atom. The molecule has 0 bridgehead atoms. The molecule has 6 nitrogen and oxygen atoms in total. The highest BCUT2D eigenvalue weighted by atomic mass is 16.5. The zero-order valence-corrected chi connectivity index (χ0v) is 13.3. The van der Waals surface area contributed by atoms with E-state index in [1.54, 1.807) is 6.92 Å². The van der Waals surface area contributed by atoms with Crippen LogP contribution in [0.1, 0.15) is 51.9 Å². The highest BCUT2D eigenvalue weighted by molar-refractivity contribution is 5.54. The van der Waals surface area contributed by atoms with Crippen molar-refractivity contribution in [2.24, 2.45) is 5.92 Å². The number of carbonyl (C=O) groups excluding carboxylic acids is 1. The fourth-order valence-electron chi connectivity index (χ4n) is 2.95. The molecule has 0 aliphatic carbocycles. The predicted octanol–water partition coefficient (Wildman–Crippen LogP) is 0.394. The van der Waals surface area contributed by atoms with Gasteiger partial charge in [0.1, 0.15) is 24.6 Å². The normalized spacial score (nSPS) is 33.6. The van der Waals surface area contributed by atoms with Crippen LogP contribution in [0.4, 0.5) is 0 Å². The molecule has 1 aliphatic heterocycles. The molecule has 1 heterocycles. The third-order valence-electron chi connectivity index (χ3n) is 4.43. The van der Waals surface area contributed by atoms with E-state index in [0.29, 0.717) is 6.42 Å². The van der Waals surface area contributed by atoms with Gasteiger partial charge < -0.3 is 30.0 Å². The van der Waals surface area contributed by atoms with Crippen molar-refractivity contribution >= 4 is 6.29 Å². The summed E-state index contributed by atoms with van der Waals surface area (Å²) in [4.78, 5) is 11.3. The van der Waals surface area contributed by atoms with E-state index >= 15 is 0 Å². The number of unbranched alkanes of at least 4 members (excludes halogenated alkanes) is 5. The Kier molecular flexibility index (Phi) is 9.12. The highest BCUT2D eigenvalue weighted by Crippen LogP contribution is 2.27. The highest BCUT2D eigenvalue weighted by Gasteiger charge is 2.44. The van der Waals surface area contributed by atoms with Gasteiger partial charge in [-0.25, -0.2) is 0 Å². The number of aliphatic hydroxyl groups excluding tert-OH is 4. The van der Waals surface area contributed by atoms with E-state index in [1.807, 2.05) is 0 Å². The topological polar surface area (TPSA) is 107 Å². The van der Waals surface area contributed by atoms with E-state index in [4.69, 9.17) is 9.84 Å². The van der Waals surface area contributed by atoms with E-state index < -0.39 is 36.4 Å². The summed E-state index contributed by atoms with van der Waals surface area (Å²) in [6.45, 7) is 1.85. The lowest BCUT2D eigenvalue weighted by Crippen LogP contribution is -2.58. The van der Waals surface area contributed by atoms with Gasteiger partial charge in [-0.3, -0.25) is 0 Å². The van der Waals surface area contributed by atoms with Gasteiger partial charge >= 0.3 is 0 Å². The van der Waals surface area contributed by atoms with Crippen LogP contribution in [0.5, 0.6) is 0 Å². The number of ether oxygens (including phenoxy) is 1. The molecule has 4 N–H and O–H groups in total. The van der Waals surface area contributed by atoms with Crippen molar-refractivity contribution in [3.63, 3.8) is 0 Å². The Morgan fingerprint density at radius 2 is 1.55 bits per heavy atom. The summed E-state index contributed by atoms with van der Waals surface area (Å²) in [5.74, 6) is -0.475. The molecule has 1 rings (SSSR count). The molecular weight excluding hydrogens is 288 g/mol. The molecular formula is C16H30O6. The first-order valence-corrected chi connectivity index (χ1v) is 8.28. The maximum atomic E-state index is 11.3. The van der Waals surface area contributed by atoms with Crippen molar-refractivity contribution in [3.8, 4) is 0 Å². The minimum atomic E-state index is -1.28. The van der Waals surface area contributed by atoms with Gasteiger partial charge in [0.05, 0.1) is 12.2 Å². The van der Waals surface area contributed by atoms with Crippen LogP contribution in [0.3, 0.4) is 0 Å². The van der Waals surface area contributed by atoms with E-state index in [0.717, 1.165) is 44.8 Å². The number of carbonyl (C=O) groups is 1. The fourth-order valence-corrected chi connectivity index (χ4v) is 2.95. The van der Waals surface area contributed by atoms with E-state index in [1.165, 1.54) is 0 Å².